The molecule has 0 aliphatic rings. The molecular weight excluding hydrogens is 228 g/mol. The van der Waals surface area contributed by atoms with E-state index in [9.17, 15) is 0 Å². The molecule has 1 heterocycles. The van der Waals surface area contributed by atoms with Gasteiger partial charge in [0.1, 0.15) is 0 Å². The fourth-order valence-corrected chi connectivity index (χ4v) is 2.14. The van der Waals surface area contributed by atoms with Crippen LogP contribution in [0, 0.1) is 0 Å². The molecule has 0 saturated carbocycles. The second-order valence-electron chi connectivity index (χ2n) is 3.79. The van der Waals surface area contributed by atoms with E-state index in [1.807, 2.05) is 0 Å². The molecule has 4 heteroatoms. The van der Waals surface area contributed by atoms with Gasteiger partial charge in [0, 0.05) is 19.1 Å². The van der Waals surface area contributed by atoms with Crippen LogP contribution in [0.4, 0.5) is 0 Å². The van der Waals surface area contributed by atoms with E-state index in [1.165, 1.54) is 12.0 Å². The molecule has 1 unspecified atom stereocenters. The van der Waals surface area contributed by atoms with E-state index in [0.29, 0.717) is 6.04 Å². The summed E-state index contributed by atoms with van der Waals surface area (Å²) in [5, 5.41) is 7.81. The smallest absolute Gasteiger partial charge is 0.0214 e. The minimum absolute atomic E-state index is 0. The van der Waals surface area contributed by atoms with Gasteiger partial charge in [-0.1, -0.05) is 6.92 Å². The molecule has 0 radical (unpaired) electrons. The monoisotopic (exact) mass is 248 g/mol. The summed E-state index contributed by atoms with van der Waals surface area (Å²) in [6.07, 6.45) is 1.20. The standard InChI is InChI=1S/C11H20N2S.ClH/c1-4-11(13(2)3)8-12-7-10-5-6-14-9-10;/h5-6,9,11-12H,4,7-8H2,1-3H3;1H. The summed E-state index contributed by atoms with van der Waals surface area (Å²) in [5.74, 6) is 0. The highest BCUT2D eigenvalue weighted by Gasteiger charge is 2.07. The first-order valence-corrected chi connectivity index (χ1v) is 6.06. The molecule has 0 saturated heterocycles. The van der Waals surface area contributed by atoms with E-state index in [1.54, 1.807) is 11.3 Å². The molecular formula is C11H21ClN2S. The summed E-state index contributed by atoms with van der Waals surface area (Å²) >= 11 is 1.76. The largest absolute Gasteiger partial charge is 0.311 e. The number of rotatable bonds is 6. The van der Waals surface area contributed by atoms with Gasteiger partial charge in [0.15, 0.2) is 0 Å². The zero-order chi connectivity index (χ0) is 10.4. The lowest BCUT2D eigenvalue weighted by molar-refractivity contribution is 0.276. The number of hydrogen-bond donors (Lipinski definition) is 1. The minimum Gasteiger partial charge on any atom is -0.311 e. The Morgan fingerprint density at radius 3 is 2.67 bits per heavy atom. The third kappa shape index (κ3) is 5.52. The molecule has 88 valence electrons. The Morgan fingerprint density at radius 1 is 1.47 bits per heavy atom. The fourth-order valence-electron chi connectivity index (χ4n) is 1.47. The van der Waals surface area contributed by atoms with Crippen LogP contribution in [0.5, 0.6) is 0 Å². The summed E-state index contributed by atoms with van der Waals surface area (Å²) in [6, 6.07) is 2.82. The highest BCUT2D eigenvalue weighted by Crippen LogP contribution is 2.05. The first kappa shape index (κ1) is 14.9. The summed E-state index contributed by atoms with van der Waals surface area (Å²) in [4.78, 5) is 2.28. The zero-order valence-corrected chi connectivity index (χ0v) is 11.3. The van der Waals surface area contributed by atoms with Crippen LogP contribution in [-0.2, 0) is 6.54 Å². The van der Waals surface area contributed by atoms with Crippen molar-refractivity contribution in [1.29, 1.82) is 0 Å². The van der Waals surface area contributed by atoms with Gasteiger partial charge < -0.3 is 10.2 Å². The predicted octanol–water partition coefficient (Wildman–Crippen LogP) is 2.60. The van der Waals surface area contributed by atoms with Crippen molar-refractivity contribution in [1.82, 2.24) is 10.2 Å². The third-order valence-corrected chi connectivity index (χ3v) is 3.22. The van der Waals surface area contributed by atoms with E-state index in [-0.39, 0.29) is 12.4 Å². The molecule has 1 N–H and O–H groups in total. The van der Waals surface area contributed by atoms with Crippen LogP contribution in [0.2, 0.25) is 0 Å². The van der Waals surface area contributed by atoms with Crippen molar-refractivity contribution in [2.75, 3.05) is 20.6 Å². The second kappa shape index (κ2) is 8.11. The van der Waals surface area contributed by atoms with Crippen LogP contribution in [0.3, 0.4) is 0 Å². The maximum absolute atomic E-state index is 3.49. The SMILES string of the molecule is CCC(CNCc1ccsc1)N(C)C.Cl. The van der Waals surface area contributed by atoms with Crippen molar-refractivity contribution in [2.24, 2.45) is 0 Å². The van der Waals surface area contributed by atoms with Gasteiger partial charge in [0.05, 0.1) is 0 Å². The summed E-state index contributed by atoms with van der Waals surface area (Å²) < 4.78 is 0. The van der Waals surface area contributed by atoms with Gasteiger partial charge >= 0.3 is 0 Å². The van der Waals surface area contributed by atoms with Gasteiger partial charge in [0.2, 0.25) is 0 Å². The van der Waals surface area contributed by atoms with Gasteiger partial charge in [-0.15, -0.1) is 12.4 Å². The van der Waals surface area contributed by atoms with Crippen LogP contribution in [0.25, 0.3) is 0 Å². The second-order valence-corrected chi connectivity index (χ2v) is 4.57. The number of likely N-dealkylation sites (N-methyl/N-ethyl adjacent to an activating group) is 1. The minimum atomic E-state index is 0. The van der Waals surface area contributed by atoms with Crippen molar-refractivity contribution < 1.29 is 0 Å². The maximum atomic E-state index is 3.49. The lowest BCUT2D eigenvalue weighted by Gasteiger charge is -2.23. The highest BCUT2D eigenvalue weighted by atomic mass is 35.5. The first-order valence-electron chi connectivity index (χ1n) is 5.12. The Kier molecular flexibility index (Phi) is 8.06. The zero-order valence-electron chi connectivity index (χ0n) is 9.69. The first-order chi connectivity index (χ1) is 6.74. The molecule has 0 aliphatic carbocycles. The van der Waals surface area contributed by atoms with Crippen molar-refractivity contribution >= 4 is 23.7 Å². The molecule has 1 aromatic heterocycles. The summed E-state index contributed by atoms with van der Waals surface area (Å²) in [6.45, 7) is 4.30. The molecule has 0 spiro atoms. The molecule has 0 fully saturated rings. The van der Waals surface area contributed by atoms with E-state index in [4.69, 9.17) is 0 Å². The van der Waals surface area contributed by atoms with Crippen molar-refractivity contribution in [2.45, 2.75) is 25.9 Å². The van der Waals surface area contributed by atoms with E-state index >= 15 is 0 Å². The molecule has 0 amide bonds. The van der Waals surface area contributed by atoms with E-state index < -0.39 is 0 Å². The van der Waals surface area contributed by atoms with Gasteiger partial charge in [-0.05, 0) is 42.9 Å². The number of thiophene rings is 1. The Bertz CT molecular complexity index is 237. The number of halogens is 1. The number of nitrogens with zero attached hydrogens (tertiary/aromatic N) is 1. The highest BCUT2D eigenvalue weighted by molar-refractivity contribution is 7.07. The number of nitrogens with one attached hydrogen (secondary N) is 1. The van der Waals surface area contributed by atoms with Crippen LogP contribution in [-0.4, -0.2) is 31.6 Å². The van der Waals surface area contributed by atoms with Crippen LogP contribution < -0.4 is 5.32 Å². The summed E-state index contributed by atoms with van der Waals surface area (Å²) in [5.41, 5.74) is 1.39. The van der Waals surface area contributed by atoms with Gasteiger partial charge in [-0.25, -0.2) is 0 Å². The van der Waals surface area contributed by atoms with Crippen molar-refractivity contribution in [3.63, 3.8) is 0 Å². The lowest BCUT2D eigenvalue weighted by atomic mass is 10.2. The van der Waals surface area contributed by atoms with Crippen molar-refractivity contribution in [3.8, 4) is 0 Å². The molecule has 1 aromatic rings. The normalized spacial score (nSPS) is 12.5. The average Bonchev–Trinajstić information content (AvgIpc) is 2.64. The van der Waals surface area contributed by atoms with Gasteiger partial charge in [-0.3, -0.25) is 0 Å². The molecule has 0 bridgehead atoms. The Balaban J connectivity index is 0.00000196. The van der Waals surface area contributed by atoms with Crippen molar-refractivity contribution in [3.05, 3.63) is 22.4 Å². The van der Waals surface area contributed by atoms with Gasteiger partial charge in [0.25, 0.3) is 0 Å². The molecule has 0 aliphatic heterocycles. The molecule has 0 aromatic carbocycles. The number of hydrogen-bond acceptors (Lipinski definition) is 3. The lowest BCUT2D eigenvalue weighted by Crippen LogP contribution is -2.37. The van der Waals surface area contributed by atoms with E-state index in [0.717, 1.165) is 13.1 Å². The van der Waals surface area contributed by atoms with Crippen LogP contribution in [0.15, 0.2) is 16.8 Å². The Labute approximate surface area is 103 Å². The topological polar surface area (TPSA) is 15.3 Å². The molecule has 15 heavy (non-hydrogen) atoms. The molecule has 1 atom stereocenters. The Hall–Kier alpha value is -0.0900. The molecule has 2 nitrogen and oxygen atoms in total. The maximum Gasteiger partial charge on any atom is 0.0214 e. The quantitative estimate of drug-likeness (QED) is 0.833. The van der Waals surface area contributed by atoms with Crippen LogP contribution in [0.1, 0.15) is 18.9 Å². The Morgan fingerprint density at radius 2 is 2.20 bits per heavy atom. The van der Waals surface area contributed by atoms with E-state index in [2.05, 4.69) is 48.1 Å². The average molecular weight is 249 g/mol. The fraction of sp³-hybridized carbons (Fsp3) is 0.636. The predicted molar refractivity (Wildman–Crippen MR) is 71.0 cm³/mol. The van der Waals surface area contributed by atoms with Crippen LogP contribution >= 0.6 is 23.7 Å². The van der Waals surface area contributed by atoms with Gasteiger partial charge in [-0.2, -0.15) is 11.3 Å². The molecule has 1 rings (SSSR count). The summed E-state index contributed by atoms with van der Waals surface area (Å²) in [7, 11) is 4.28. The third-order valence-electron chi connectivity index (χ3n) is 2.49.